The molecule has 25 heavy (non-hydrogen) atoms. The average molecular weight is 343 g/mol. The van der Waals surface area contributed by atoms with Gasteiger partial charge in [0, 0.05) is 32.3 Å². The number of rotatable bonds is 8. The van der Waals surface area contributed by atoms with Crippen molar-refractivity contribution in [2.45, 2.75) is 0 Å². The van der Waals surface area contributed by atoms with E-state index in [9.17, 15) is 4.79 Å². The molecule has 2 N–H and O–H groups in total. The van der Waals surface area contributed by atoms with E-state index in [1.165, 1.54) is 11.2 Å². The van der Waals surface area contributed by atoms with Gasteiger partial charge in [0.15, 0.2) is 5.70 Å². The number of fused-ring (bicyclic) bond motifs is 1. The van der Waals surface area contributed by atoms with Gasteiger partial charge in [0.1, 0.15) is 5.65 Å². The lowest BCUT2D eigenvalue weighted by Crippen LogP contribution is -2.30. The molecule has 0 aromatic carbocycles. The Morgan fingerprint density at radius 1 is 1.32 bits per heavy atom. The maximum Gasteiger partial charge on any atom is 0.279 e. The summed E-state index contributed by atoms with van der Waals surface area (Å²) in [4.78, 5) is 26.0. The molecule has 0 fully saturated rings. The zero-order chi connectivity index (χ0) is 17.6. The first kappa shape index (κ1) is 17.1. The summed E-state index contributed by atoms with van der Waals surface area (Å²) in [6.45, 7) is 1.98. The Labute approximate surface area is 145 Å². The Hall–Kier alpha value is -2.71. The van der Waals surface area contributed by atoms with Gasteiger partial charge in [0.05, 0.1) is 37.5 Å². The molecule has 0 aliphatic carbocycles. The molecule has 1 aliphatic rings. The number of amides is 1. The van der Waals surface area contributed by atoms with Crippen molar-refractivity contribution in [3.8, 4) is 0 Å². The fraction of sp³-hybridized carbons (Fsp3) is 0.353. The molecule has 2 aromatic heterocycles. The number of hydrogen-bond acceptors (Lipinski definition) is 6. The van der Waals surface area contributed by atoms with Gasteiger partial charge in [-0.15, -0.1) is 0 Å². The van der Waals surface area contributed by atoms with Crippen LogP contribution in [0.2, 0.25) is 0 Å². The van der Waals surface area contributed by atoms with Crippen LogP contribution >= 0.6 is 0 Å². The van der Waals surface area contributed by atoms with Crippen LogP contribution in [-0.4, -0.2) is 67.6 Å². The zero-order valence-corrected chi connectivity index (χ0v) is 14.3. The third kappa shape index (κ3) is 3.70. The van der Waals surface area contributed by atoms with Gasteiger partial charge < -0.3 is 19.8 Å². The summed E-state index contributed by atoms with van der Waals surface area (Å²) in [6.07, 6.45) is 3.26. The Balaban J connectivity index is 1.94. The van der Waals surface area contributed by atoms with Gasteiger partial charge in [-0.25, -0.2) is 9.98 Å². The number of aromatic nitrogens is 2. The van der Waals surface area contributed by atoms with Gasteiger partial charge >= 0.3 is 0 Å². The minimum absolute atomic E-state index is 0.163. The summed E-state index contributed by atoms with van der Waals surface area (Å²) in [5, 5.41) is 4.22. The van der Waals surface area contributed by atoms with Crippen molar-refractivity contribution in [2.75, 3.05) is 40.5 Å². The highest BCUT2D eigenvalue weighted by atomic mass is 16.5. The number of ether oxygens (including phenoxy) is 2. The van der Waals surface area contributed by atoms with Crippen LogP contribution in [0.5, 0.6) is 0 Å². The fourth-order valence-corrected chi connectivity index (χ4v) is 2.57. The largest absolute Gasteiger partial charge is 0.383 e. The van der Waals surface area contributed by atoms with E-state index in [1.807, 2.05) is 18.2 Å². The number of nitrogens with one attached hydrogen (secondary N) is 2. The maximum atomic E-state index is 12.7. The highest BCUT2D eigenvalue weighted by Crippen LogP contribution is 2.24. The summed E-state index contributed by atoms with van der Waals surface area (Å²) in [6, 6.07) is 5.78. The Kier molecular flexibility index (Phi) is 5.42. The topological polar surface area (TPSA) is 91.8 Å². The SMILES string of the molecule is COCCN/C(=C1/N=CN(CCOC)C1=O)c1cc2cccnc2[nH]1. The lowest BCUT2D eigenvalue weighted by atomic mass is 10.2. The number of nitrogens with zero attached hydrogens (tertiary/aromatic N) is 3. The number of carbonyl (C=O) groups is 1. The van der Waals surface area contributed by atoms with Crippen LogP contribution in [0, 0.1) is 0 Å². The van der Waals surface area contributed by atoms with Crippen LogP contribution in [0.1, 0.15) is 5.69 Å². The van der Waals surface area contributed by atoms with Gasteiger partial charge in [-0.05, 0) is 18.2 Å². The van der Waals surface area contributed by atoms with E-state index in [0.29, 0.717) is 37.7 Å². The maximum absolute atomic E-state index is 12.7. The summed E-state index contributed by atoms with van der Waals surface area (Å²) >= 11 is 0. The Morgan fingerprint density at radius 2 is 2.16 bits per heavy atom. The number of aromatic amines is 1. The molecule has 0 atom stereocenters. The minimum Gasteiger partial charge on any atom is -0.383 e. The molecule has 0 spiro atoms. The second-order valence-electron chi connectivity index (χ2n) is 5.50. The van der Waals surface area contributed by atoms with Crippen LogP contribution in [0.15, 0.2) is 35.1 Å². The molecular weight excluding hydrogens is 322 g/mol. The van der Waals surface area contributed by atoms with Crippen molar-refractivity contribution in [3.63, 3.8) is 0 Å². The van der Waals surface area contributed by atoms with Gasteiger partial charge in [-0.1, -0.05) is 0 Å². The number of pyridine rings is 1. The highest BCUT2D eigenvalue weighted by Gasteiger charge is 2.27. The average Bonchev–Trinajstić information content (AvgIpc) is 3.21. The van der Waals surface area contributed by atoms with Crippen molar-refractivity contribution >= 4 is 29.0 Å². The van der Waals surface area contributed by atoms with Crippen LogP contribution in [0.4, 0.5) is 0 Å². The molecule has 0 saturated heterocycles. The normalized spacial score (nSPS) is 16.1. The molecule has 8 heteroatoms. The number of hydrogen-bond donors (Lipinski definition) is 2. The lowest BCUT2D eigenvalue weighted by Gasteiger charge is -2.14. The minimum atomic E-state index is -0.163. The van der Waals surface area contributed by atoms with Crippen LogP contribution in [0.3, 0.4) is 0 Å². The number of H-pyrrole nitrogens is 1. The van der Waals surface area contributed by atoms with E-state index in [2.05, 4.69) is 20.3 Å². The molecule has 8 nitrogen and oxygen atoms in total. The van der Waals surface area contributed by atoms with Crippen molar-refractivity contribution < 1.29 is 14.3 Å². The molecule has 0 unspecified atom stereocenters. The van der Waals surface area contributed by atoms with Gasteiger partial charge in [0.2, 0.25) is 0 Å². The predicted octanol–water partition coefficient (Wildman–Crippen LogP) is 0.984. The summed E-state index contributed by atoms with van der Waals surface area (Å²) in [5.41, 5.74) is 2.52. The summed E-state index contributed by atoms with van der Waals surface area (Å²) in [5.74, 6) is -0.163. The monoisotopic (exact) mass is 343 g/mol. The zero-order valence-electron chi connectivity index (χ0n) is 14.3. The van der Waals surface area contributed by atoms with E-state index >= 15 is 0 Å². The standard InChI is InChI=1S/C17H21N5O3/c1-24-8-6-18-14(13-10-12-4-3-5-19-16(12)21-13)15-17(23)22(11-20-15)7-9-25-2/h3-5,10-11,18H,6-9H2,1-2H3,(H,19,21)/b15-14+. The first-order chi connectivity index (χ1) is 12.2. The van der Waals surface area contributed by atoms with Crippen molar-refractivity contribution in [1.29, 1.82) is 0 Å². The molecule has 0 saturated carbocycles. The number of methoxy groups -OCH3 is 2. The van der Waals surface area contributed by atoms with Crippen LogP contribution in [0.25, 0.3) is 16.7 Å². The second kappa shape index (κ2) is 7.91. The molecule has 3 rings (SSSR count). The fourth-order valence-electron chi connectivity index (χ4n) is 2.57. The quantitative estimate of drug-likeness (QED) is 0.551. The summed E-state index contributed by atoms with van der Waals surface area (Å²) in [7, 11) is 3.23. The van der Waals surface area contributed by atoms with Gasteiger partial charge in [-0.3, -0.25) is 9.69 Å². The summed E-state index contributed by atoms with van der Waals surface area (Å²) < 4.78 is 10.1. The third-order valence-electron chi connectivity index (χ3n) is 3.83. The van der Waals surface area contributed by atoms with E-state index in [0.717, 1.165) is 16.7 Å². The van der Waals surface area contributed by atoms with Gasteiger partial charge in [0.25, 0.3) is 5.91 Å². The molecule has 0 bridgehead atoms. The van der Waals surface area contributed by atoms with E-state index in [4.69, 9.17) is 9.47 Å². The van der Waals surface area contributed by atoms with Crippen molar-refractivity contribution in [2.24, 2.45) is 4.99 Å². The second-order valence-corrected chi connectivity index (χ2v) is 5.50. The van der Waals surface area contributed by atoms with Crippen LogP contribution < -0.4 is 5.32 Å². The highest BCUT2D eigenvalue weighted by molar-refractivity contribution is 6.10. The molecule has 132 valence electrons. The smallest absolute Gasteiger partial charge is 0.279 e. The molecule has 3 heterocycles. The molecule has 1 aliphatic heterocycles. The van der Waals surface area contributed by atoms with E-state index in [-0.39, 0.29) is 5.91 Å². The van der Waals surface area contributed by atoms with Crippen LogP contribution in [-0.2, 0) is 14.3 Å². The first-order valence-electron chi connectivity index (χ1n) is 8.00. The molecular formula is C17H21N5O3. The van der Waals surface area contributed by atoms with Crippen molar-refractivity contribution in [1.82, 2.24) is 20.2 Å². The predicted molar refractivity (Wildman–Crippen MR) is 95.0 cm³/mol. The first-order valence-corrected chi connectivity index (χ1v) is 8.00. The molecule has 2 aromatic rings. The molecule has 0 radical (unpaired) electrons. The van der Waals surface area contributed by atoms with E-state index in [1.54, 1.807) is 20.4 Å². The Morgan fingerprint density at radius 3 is 2.92 bits per heavy atom. The van der Waals surface area contributed by atoms with E-state index < -0.39 is 0 Å². The molecule has 1 amide bonds. The van der Waals surface area contributed by atoms with Crippen molar-refractivity contribution in [3.05, 3.63) is 35.8 Å². The third-order valence-corrected chi connectivity index (χ3v) is 3.83. The Bertz CT molecular complexity index is 778. The number of carbonyl (C=O) groups excluding carboxylic acids is 1. The lowest BCUT2D eigenvalue weighted by molar-refractivity contribution is -0.122. The number of aliphatic imine (C=N–C) groups is 1. The van der Waals surface area contributed by atoms with Gasteiger partial charge in [-0.2, -0.15) is 0 Å².